The van der Waals surface area contributed by atoms with Crippen LogP contribution in [0.5, 0.6) is 5.75 Å². The average molecular weight is 355 g/mol. The molecule has 1 amide bonds. The van der Waals surface area contributed by atoms with Gasteiger partial charge >= 0.3 is 12.0 Å². The van der Waals surface area contributed by atoms with Crippen LogP contribution in [0.1, 0.15) is 24.3 Å². The Balaban J connectivity index is 2.09. The number of amides is 1. The zero-order valence-corrected chi connectivity index (χ0v) is 13.3. The van der Waals surface area contributed by atoms with Crippen molar-refractivity contribution in [3.8, 4) is 5.75 Å². The summed E-state index contributed by atoms with van der Waals surface area (Å²) in [6.45, 7) is 1.23. The maximum atomic E-state index is 14.0. The van der Waals surface area contributed by atoms with Gasteiger partial charge < -0.3 is 9.84 Å². The first-order chi connectivity index (χ1) is 11.3. The summed E-state index contributed by atoms with van der Waals surface area (Å²) in [5.41, 5.74) is 0.664. The SMILES string of the molecule is C[C@@H](O)c1cccc2c1OC(F)(F)C(=O)N2Cc1cccc(Cl)n1. The molecule has 0 unspecified atom stereocenters. The Labute approximate surface area is 141 Å². The lowest BCUT2D eigenvalue weighted by Gasteiger charge is -2.34. The third-order valence-corrected chi connectivity index (χ3v) is 3.79. The van der Waals surface area contributed by atoms with Gasteiger partial charge in [0.1, 0.15) is 5.15 Å². The van der Waals surface area contributed by atoms with Crippen LogP contribution in [0, 0.1) is 0 Å². The molecule has 1 aromatic carbocycles. The number of para-hydroxylation sites is 1. The van der Waals surface area contributed by atoms with E-state index in [-0.39, 0.29) is 28.7 Å². The molecule has 0 aliphatic carbocycles. The van der Waals surface area contributed by atoms with E-state index in [0.717, 1.165) is 4.90 Å². The fourth-order valence-electron chi connectivity index (χ4n) is 2.49. The summed E-state index contributed by atoms with van der Waals surface area (Å²) in [4.78, 5) is 17.0. The number of rotatable bonds is 3. The number of hydrogen-bond donors (Lipinski definition) is 1. The Hall–Kier alpha value is -2.25. The van der Waals surface area contributed by atoms with Crippen molar-refractivity contribution >= 4 is 23.2 Å². The van der Waals surface area contributed by atoms with Gasteiger partial charge in [-0.2, -0.15) is 8.78 Å². The van der Waals surface area contributed by atoms with Crippen LogP contribution in [0.2, 0.25) is 5.15 Å². The van der Waals surface area contributed by atoms with Gasteiger partial charge in [-0.15, -0.1) is 0 Å². The molecular weight excluding hydrogens is 342 g/mol. The van der Waals surface area contributed by atoms with E-state index >= 15 is 0 Å². The van der Waals surface area contributed by atoms with Crippen LogP contribution in [0.25, 0.3) is 0 Å². The highest BCUT2D eigenvalue weighted by Gasteiger charge is 2.51. The van der Waals surface area contributed by atoms with E-state index in [2.05, 4.69) is 9.72 Å². The van der Waals surface area contributed by atoms with Crippen molar-refractivity contribution in [1.29, 1.82) is 0 Å². The Kier molecular flexibility index (Phi) is 4.15. The fraction of sp³-hybridized carbons (Fsp3) is 0.250. The zero-order valence-electron chi connectivity index (χ0n) is 12.5. The van der Waals surface area contributed by atoms with E-state index < -0.39 is 18.1 Å². The molecule has 0 bridgehead atoms. The van der Waals surface area contributed by atoms with Gasteiger partial charge in [-0.25, -0.2) is 4.98 Å². The van der Waals surface area contributed by atoms with Crippen molar-refractivity contribution < 1.29 is 23.4 Å². The van der Waals surface area contributed by atoms with E-state index in [1.807, 2.05) is 0 Å². The molecule has 1 aromatic heterocycles. The Morgan fingerprint density at radius 1 is 1.33 bits per heavy atom. The highest BCUT2D eigenvalue weighted by atomic mass is 35.5. The Bertz CT molecular complexity index is 799. The van der Waals surface area contributed by atoms with E-state index in [0.29, 0.717) is 5.69 Å². The number of aliphatic hydroxyl groups excluding tert-OH is 1. The molecule has 1 aliphatic heterocycles. The van der Waals surface area contributed by atoms with Gasteiger partial charge in [0, 0.05) is 5.56 Å². The van der Waals surface area contributed by atoms with Gasteiger partial charge in [-0.1, -0.05) is 29.8 Å². The van der Waals surface area contributed by atoms with Crippen LogP contribution in [0.15, 0.2) is 36.4 Å². The monoisotopic (exact) mass is 354 g/mol. The number of pyridine rings is 1. The van der Waals surface area contributed by atoms with Gasteiger partial charge in [0.25, 0.3) is 0 Å². The molecule has 126 valence electrons. The van der Waals surface area contributed by atoms with Crippen molar-refractivity contribution in [2.24, 2.45) is 0 Å². The first-order valence-corrected chi connectivity index (χ1v) is 7.48. The summed E-state index contributed by atoms with van der Waals surface area (Å²) >= 11 is 5.80. The molecule has 0 saturated carbocycles. The second kappa shape index (κ2) is 5.99. The fourth-order valence-corrected chi connectivity index (χ4v) is 2.67. The molecule has 1 atom stereocenters. The van der Waals surface area contributed by atoms with Gasteiger partial charge in [-0.05, 0) is 25.1 Å². The summed E-state index contributed by atoms with van der Waals surface area (Å²) in [5, 5.41) is 9.96. The number of aliphatic hydroxyl groups is 1. The number of anilines is 1. The minimum Gasteiger partial charge on any atom is -0.423 e. The molecular formula is C16H13ClF2N2O3. The van der Waals surface area contributed by atoms with Crippen molar-refractivity contribution in [2.45, 2.75) is 25.7 Å². The number of nitrogens with zero attached hydrogens (tertiary/aromatic N) is 2. The van der Waals surface area contributed by atoms with E-state index in [9.17, 15) is 18.7 Å². The number of carbonyl (C=O) groups excluding carboxylic acids is 1. The van der Waals surface area contributed by atoms with Gasteiger partial charge in [0.05, 0.1) is 24.0 Å². The normalized spacial score (nSPS) is 17.2. The molecule has 1 aliphatic rings. The lowest BCUT2D eigenvalue weighted by atomic mass is 10.1. The molecule has 24 heavy (non-hydrogen) atoms. The topological polar surface area (TPSA) is 62.7 Å². The second-order valence-electron chi connectivity index (χ2n) is 5.33. The highest BCUT2D eigenvalue weighted by Crippen LogP contribution is 2.44. The molecule has 1 N–H and O–H groups in total. The number of alkyl halides is 2. The molecule has 2 heterocycles. The molecule has 8 heteroatoms. The quantitative estimate of drug-likeness (QED) is 0.859. The van der Waals surface area contributed by atoms with Crippen LogP contribution < -0.4 is 9.64 Å². The third-order valence-electron chi connectivity index (χ3n) is 3.58. The number of halogens is 3. The van der Waals surface area contributed by atoms with Crippen LogP contribution >= 0.6 is 11.6 Å². The van der Waals surface area contributed by atoms with Crippen molar-refractivity contribution in [1.82, 2.24) is 4.98 Å². The number of fused-ring (bicyclic) bond motifs is 1. The number of aromatic nitrogens is 1. The summed E-state index contributed by atoms with van der Waals surface area (Å²) in [5.74, 6) is -1.72. The molecule has 0 spiro atoms. The predicted molar refractivity (Wildman–Crippen MR) is 83.1 cm³/mol. The Morgan fingerprint density at radius 2 is 2.04 bits per heavy atom. The van der Waals surface area contributed by atoms with Crippen molar-refractivity contribution in [3.05, 3.63) is 52.8 Å². The van der Waals surface area contributed by atoms with Crippen LogP contribution in [0.4, 0.5) is 14.5 Å². The van der Waals surface area contributed by atoms with Gasteiger partial charge in [-0.3, -0.25) is 9.69 Å². The number of ether oxygens (including phenoxy) is 1. The standard InChI is InChI=1S/C16H13ClF2N2O3/c1-9(22)11-5-3-6-12-14(11)24-16(18,19)15(23)21(12)8-10-4-2-7-13(17)20-10/h2-7,9,22H,8H2,1H3/t9-/m1/s1. The summed E-state index contributed by atoms with van der Waals surface area (Å²) in [7, 11) is 0. The lowest BCUT2D eigenvalue weighted by Crippen LogP contribution is -2.50. The zero-order chi connectivity index (χ0) is 17.5. The molecule has 0 radical (unpaired) electrons. The summed E-state index contributed by atoms with van der Waals surface area (Å²) < 4.78 is 32.6. The molecule has 0 fully saturated rings. The maximum absolute atomic E-state index is 14.0. The number of carbonyl (C=O) groups is 1. The lowest BCUT2D eigenvalue weighted by molar-refractivity contribution is -0.193. The molecule has 2 aromatic rings. The highest BCUT2D eigenvalue weighted by molar-refractivity contribution is 6.29. The molecule has 0 saturated heterocycles. The summed E-state index contributed by atoms with van der Waals surface area (Å²) in [6, 6.07) is 9.22. The third kappa shape index (κ3) is 2.92. The predicted octanol–water partition coefficient (Wildman–Crippen LogP) is 3.31. The molecule has 3 rings (SSSR count). The van der Waals surface area contributed by atoms with E-state index in [1.54, 1.807) is 24.3 Å². The minimum absolute atomic E-state index is 0.145. The van der Waals surface area contributed by atoms with Crippen molar-refractivity contribution in [3.63, 3.8) is 0 Å². The first-order valence-electron chi connectivity index (χ1n) is 7.11. The number of benzene rings is 1. The van der Waals surface area contributed by atoms with Crippen LogP contribution in [-0.4, -0.2) is 22.1 Å². The number of hydrogen-bond acceptors (Lipinski definition) is 4. The summed E-state index contributed by atoms with van der Waals surface area (Å²) in [6.07, 6.45) is -5.06. The smallest absolute Gasteiger partial charge is 0.423 e. The second-order valence-corrected chi connectivity index (χ2v) is 5.72. The van der Waals surface area contributed by atoms with Gasteiger partial charge in [0.2, 0.25) is 0 Å². The largest absolute Gasteiger partial charge is 0.483 e. The average Bonchev–Trinajstić information content (AvgIpc) is 2.51. The van der Waals surface area contributed by atoms with Crippen LogP contribution in [0.3, 0.4) is 0 Å². The molecule has 5 nitrogen and oxygen atoms in total. The van der Waals surface area contributed by atoms with E-state index in [4.69, 9.17) is 11.6 Å². The Morgan fingerprint density at radius 3 is 2.71 bits per heavy atom. The van der Waals surface area contributed by atoms with Gasteiger partial charge in [0.15, 0.2) is 5.75 Å². The minimum atomic E-state index is -4.03. The van der Waals surface area contributed by atoms with Crippen LogP contribution in [-0.2, 0) is 11.3 Å². The maximum Gasteiger partial charge on any atom is 0.483 e. The van der Waals surface area contributed by atoms with E-state index in [1.165, 1.54) is 19.1 Å². The van der Waals surface area contributed by atoms with Crippen molar-refractivity contribution in [2.75, 3.05) is 4.90 Å². The first kappa shape index (κ1) is 16.6.